The molecule has 0 saturated carbocycles. The van der Waals surface area contributed by atoms with E-state index in [1.54, 1.807) is 22.4 Å². The molecule has 2 heterocycles. The van der Waals surface area contributed by atoms with Crippen LogP contribution in [0.4, 0.5) is 9.93 Å². The molecule has 1 aromatic carbocycles. The summed E-state index contributed by atoms with van der Waals surface area (Å²) in [6.45, 7) is 2.66. The van der Waals surface area contributed by atoms with Gasteiger partial charge in [-0.2, -0.15) is 0 Å². The Bertz CT molecular complexity index is 699. The molecule has 0 spiro atoms. The number of aromatic nitrogens is 1. The minimum absolute atomic E-state index is 0.0959. The minimum Gasteiger partial charge on any atom is -0.352 e. The van der Waals surface area contributed by atoms with Gasteiger partial charge in [-0.05, 0) is 5.56 Å². The predicted octanol–water partition coefficient (Wildman–Crippen LogP) is 1.07. The van der Waals surface area contributed by atoms with Crippen LogP contribution < -0.4 is 16.0 Å². The molecule has 1 fully saturated rings. The van der Waals surface area contributed by atoms with Crippen LogP contribution >= 0.6 is 11.3 Å². The van der Waals surface area contributed by atoms with Crippen molar-refractivity contribution >= 4 is 28.4 Å². The summed E-state index contributed by atoms with van der Waals surface area (Å²) in [4.78, 5) is 32.4. The fourth-order valence-corrected chi connectivity index (χ4v) is 3.63. The number of urea groups is 1. The second-order valence-electron chi connectivity index (χ2n) is 5.88. The van der Waals surface area contributed by atoms with Gasteiger partial charge in [0, 0.05) is 44.2 Å². The summed E-state index contributed by atoms with van der Waals surface area (Å²) in [5.74, 6) is -0.0959. The van der Waals surface area contributed by atoms with Crippen molar-refractivity contribution in [3.63, 3.8) is 0 Å². The third kappa shape index (κ3) is 4.48. The number of carbonyl (C=O) groups is 2. The van der Waals surface area contributed by atoms with E-state index in [1.165, 1.54) is 0 Å². The van der Waals surface area contributed by atoms with Crippen molar-refractivity contribution < 1.29 is 9.59 Å². The summed E-state index contributed by atoms with van der Waals surface area (Å²) in [5.41, 5.74) is 6.25. The van der Waals surface area contributed by atoms with Crippen LogP contribution in [0.25, 0.3) is 0 Å². The normalized spacial score (nSPS) is 15.7. The predicted molar refractivity (Wildman–Crippen MR) is 97.6 cm³/mol. The number of piperazine rings is 1. The lowest BCUT2D eigenvalue weighted by atomic mass is 10.0. The third-order valence-electron chi connectivity index (χ3n) is 4.18. The zero-order valence-corrected chi connectivity index (χ0v) is 14.6. The second kappa shape index (κ2) is 7.98. The van der Waals surface area contributed by atoms with Gasteiger partial charge < -0.3 is 20.9 Å². The zero-order chi connectivity index (χ0) is 17.6. The first-order chi connectivity index (χ1) is 12.1. The minimum atomic E-state index is -0.685. The summed E-state index contributed by atoms with van der Waals surface area (Å²) in [7, 11) is 0. The number of nitrogens with one attached hydrogen (secondary N) is 1. The van der Waals surface area contributed by atoms with Gasteiger partial charge in [0.25, 0.3) is 0 Å². The van der Waals surface area contributed by atoms with Crippen LogP contribution in [-0.4, -0.2) is 54.0 Å². The van der Waals surface area contributed by atoms with E-state index in [2.05, 4.69) is 15.2 Å². The van der Waals surface area contributed by atoms with Gasteiger partial charge in [0.1, 0.15) is 6.04 Å². The molecule has 25 heavy (non-hydrogen) atoms. The summed E-state index contributed by atoms with van der Waals surface area (Å²) in [6, 6.07) is 8.27. The van der Waals surface area contributed by atoms with Crippen molar-refractivity contribution in [1.82, 2.24) is 15.2 Å². The van der Waals surface area contributed by atoms with Crippen LogP contribution in [0.2, 0.25) is 0 Å². The molecule has 2 aromatic rings. The molecule has 0 bridgehead atoms. The Hall–Kier alpha value is -2.61. The lowest BCUT2D eigenvalue weighted by Crippen LogP contribution is -2.56. The second-order valence-corrected chi connectivity index (χ2v) is 6.75. The van der Waals surface area contributed by atoms with E-state index in [1.807, 2.05) is 35.7 Å². The van der Waals surface area contributed by atoms with E-state index < -0.39 is 12.1 Å². The highest BCUT2D eigenvalue weighted by atomic mass is 32.1. The molecule has 7 nitrogen and oxygen atoms in total. The maximum Gasteiger partial charge on any atom is 0.312 e. The Morgan fingerprint density at radius 2 is 1.92 bits per heavy atom. The first-order valence-corrected chi connectivity index (χ1v) is 9.04. The van der Waals surface area contributed by atoms with E-state index >= 15 is 0 Å². The van der Waals surface area contributed by atoms with Crippen molar-refractivity contribution in [3.8, 4) is 0 Å². The van der Waals surface area contributed by atoms with Crippen molar-refractivity contribution in [1.29, 1.82) is 0 Å². The van der Waals surface area contributed by atoms with E-state index in [0.717, 1.165) is 23.8 Å². The summed E-state index contributed by atoms with van der Waals surface area (Å²) in [6.07, 6.45) is 2.21. The molecule has 0 aliphatic carbocycles. The van der Waals surface area contributed by atoms with Gasteiger partial charge in [0.2, 0.25) is 5.91 Å². The molecule has 1 aliphatic rings. The number of thiazole rings is 1. The van der Waals surface area contributed by atoms with Gasteiger partial charge in [0.15, 0.2) is 5.13 Å². The highest BCUT2D eigenvalue weighted by Crippen LogP contribution is 2.19. The van der Waals surface area contributed by atoms with Crippen molar-refractivity contribution in [2.75, 3.05) is 31.1 Å². The molecule has 1 atom stereocenters. The van der Waals surface area contributed by atoms with Crippen molar-refractivity contribution in [2.45, 2.75) is 12.5 Å². The number of nitrogens with zero attached hydrogens (tertiary/aromatic N) is 3. The molecule has 1 aromatic heterocycles. The van der Waals surface area contributed by atoms with Gasteiger partial charge in [-0.3, -0.25) is 4.79 Å². The lowest BCUT2D eigenvalue weighted by molar-refractivity contribution is -0.133. The molecule has 0 unspecified atom stereocenters. The summed E-state index contributed by atoms with van der Waals surface area (Å²) < 4.78 is 0. The number of carbonyl (C=O) groups excluding carboxylic acids is 2. The largest absolute Gasteiger partial charge is 0.352 e. The van der Waals surface area contributed by atoms with Crippen molar-refractivity contribution in [2.24, 2.45) is 5.73 Å². The number of amides is 3. The average Bonchev–Trinajstić information content (AvgIpc) is 3.16. The van der Waals surface area contributed by atoms with Gasteiger partial charge >= 0.3 is 6.03 Å². The topological polar surface area (TPSA) is 91.6 Å². The first-order valence-electron chi connectivity index (χ1n) is 8.16. The molecule has 8 heteroatoms. The number of hydrogen-bond donors (Lipinski definition) is 2. The van der Waals surface area contributed by atoms with Gasteiger partial charge in [0.05, 0.1) is 0 Å². The summed E-state index contributed by atoms with van der Waals surface area (Å²) >= 11 is 1.59. The monoisotopic (exact) mass is 359 g/mol. The lowest BCUT2D eigenvalue weighted by Gasteiger charge is -2.36. The fraction of sp³-hybridized carbons (Fsp3) is 0.353. The highest BCUT2D eigenvalue weighted by molar-refractivity contribution is 7.13. The van der Waals surface area contributed by atoms with Gasteiger partial charge in [-0.25, -0.2) is 9.78 Å². The first kappa shape index (κ1) is 17.2. The summed E-state index contributed by atoms with van der Waals surface area (Å²) in [5, 5.41) is 5.51. The number of rotatable bonds is 5. The Morgan fingerprint density at radius 1 is 1.20 bits per heavy atom. The Balaban J connectivity index is 1.63. The van der Waals surface area contributed by atoms with Crippen molar-refractivity contribution in [3.05, 3.63) is 47.5 Å². The van der Waals surface area contributed by atoms with E-state index in [-0.39, 0.29) is 5.91 Å². The van der Waals surface area contributed by atoms with Crippen LogP contribution in [0.1, 0.15) is 5.56 Å². The van der Waals surface area contributed by atoms with Gasteiger partial charge in [-0.15, -0.1) is 11.3 Å². The molecule has 3 rings (SSSR count). The molecule has 1 saturated heterocycles. The zero-order valence-electron chi connectivity index (χ0n) is 13.8. The molecule has 3 N–H and O–H groups in total. The van der Waals surface area contributed by atoms with Crippen LogP contribution in [0.3, 0.4) is 0 Å². The molecule has 1 aliphatic heterocycles. The van der Waals surface area contributed by atoms with Crippen LogP contribution in [0.5, 0.6) is 0 Å². The molecular formula is C17H21N5O2S. The number of benzene rings is 1. The maximum absolute atomic E-state index is 12.9. The smallest absolute Gasteiger partial charge is 0.312 e. The van der Waals surface area contributed by atoms with Crippen LogP contribution in [0, 0.1) is 0 Å². The number of hydrogen-bond acceptors (Lipinski definition) is 5. The van der Waals surface area contributed by atoms with E-state index in [4.69, 9.17) is 5.73 Å². The third-order valence-corrected chi connectivity index (χ3v) is 5.01. The number of anilines is 1. The van der Waals surface area contributed by atoms with E-state index in [9.17, 15) is 9.59 Å². The number of nitrogens with two attached hydrogens (primary N) is 1. The Labute approximate surface area is 150 Å². The molecule has 132 valence electrons. The van der Waals surface area contributed by atoms with Crippen LogP contribution in [-0.2, 0) is 11.2 Å². The maximum atomic E-state index is 12.9. The number of primary amides is 1. The highest BCUT2D eigenvalue weighted by Gasteiger charge is 2.29. The average molecular weight is 359 g/mol. The molecule has 0 radical (unpaired) electrons. The SMILES string of the molecule is NC(=O)N[C@H](Cc1ccccc1)C(=O)N1CCN(c2nccs2)CC1. The Morgan fingerprint density at radius 3 is 2.52 bits per heavy atom. The van der Waals surface area contributed by atoms with E-state index in [0.29, 0.717) is 19.5 Å². The van der Waals surface area contributed by atoms with Crippen LogP contribution in [0.15, 0.2) is 41.9 Å². The standard InChI is InChI=1S/C17H21N5O2S/c18-16(24)20-14(12-13-4-2-1-3-5-13)15(23)21-7-9-22(10-8-21)17-19-6-11-25-17/h1-6,11,14H,7-10,12H2,(H3,18,20,24)/t14-/m1/s1. The quantitative estimate of drug-likeness (QED) is 0.835. The molecular weight excluding hydrogens is 338 g/mol. The molecule has 3 amide bonds. The van der Waals surface area contributed by atoms with Gasteiger partial charge in [-0.1, -0.05) is 30.3 Å². The Kier molecular flexibility index (Phi) is 5.49. The fourth-order valence-electron chi connectivity index (χ4n) is 2.93.